The first-order valence-corrected chi connectivity index (χ1v) is 5.94. The molecule has 2 aliphatic heterocycles. The lowest BCUT2D eigenvalue weighted by molar-refractivity contribution is 0.132. The third-order valence-electron chi connectivity index (χ3n) is 3.03. The fourth-order valence-corrected chi connectivity index (χ4v) is 2.57. The Labute approximate surface area is 88.8 Å². The van der Waals surface area contributed by atoms with Gasteiger partial charge < -0.3 is 4.90 Å². The molecule has 12 heavy (non-hydrogen) atoms. The molecule has 0 atom stereocenters. The maximum atomic E-state index is 2.60. The van der Waals surface area contributed by atoms with Crippen LogP contribution in [0.4, 0.5) is 0 Å². The van der Waals surface area contributed by atoms with Gasteiger partial charge in [-0.1, -0.05) is 0 Å². The molecular weight excluding hydrogens is 263 g/mol. The minimum absolute atomic E-state index is 0.997. The van der Waals surface area contributed by atoms with Crippen molar-refractivity contribution in [2.75, 3.05) is 32.7 Å². The van der Waals surface area contributed by atoms with Crippen LogP contribution in [0.1, 0.15) is 19.3 Å². The fourth-order valence-electron chi connectivity index (χ4n) is 2.01. The molecule has 3 heteroatoms. The van der Waals surface area contributed by atoms with E-state index >= 15 is 0 Å². The Morgan fingerprint density at radius 1 is 1.08 bits per heavy atom. The minimum Gasteiger partial charge on any atom is -0.303 e. The van der Waals surface area contributed by atoms with Gasteiger partial charge in [0.2, 0.25) is 0 Å². The molecule has 0 spiro atoms. The van der Waals surface area contributed by atoms with Gasteiger partial charge in [-0.25, -0.2) is 3.11 Å². The second kappa shape index (κ2) is 4.24. The van der Waals surface area contributed by atoms with Crippen molar-refractivity contribution in [3.63, 3.8) is 0 Å². The summed E-state index contributed by atoms with van der Waals surface area (Å²) in [5, 5.41) is 0. The molecule has 0 N–H and O–H groups in total. The quantitative estimate of drug-likeness (QED) is 0.561. The molecule has 0 aromatic heterocycles. The molecule has 2 nitrogen and oxygen atoms in total. The predicted molar refractivity (Wildman–Crippen MR) is 59.4 cm³/mol. The highest BCUT2D eigenvalue weighted by atomic mass is 127. The monoisotopic (exact) mass is 280 g/mol. The first kappa shape index (κ1) is 9.21. The third kappa shape index (κ3) is 2.33. The van der Waals surface area contributed by atoms with E-state index in [0.29, 0.717) is 0 Å². The van der Waals surface area contributed by atoms with Crippen LogP contribution < -0.4 is 0 Å². The van der Waals surface area contributed by atoms with Crippen molar-refractivity contribution in [2.24, 2.45) is 5.92 Å². The molecule has 0 radical (unpaired) electrons. The summed E-state index contributed by atoms with van der Waals surface area (Å²) in [5.74, 6) is 0.997. The largest absolute Gasteiger partial charge is 0.303 e. The van der Waals surface area contributed by atoms with Crippen LogP contribution in [0, 0.1) is 5.92 Å². The Bertz CT molecular complexity index is 139. The molecule has 2 rings (SSSR count). The molecule has 2 heterocycles. The average Bonchev–Trinajstić information content (AvgIpc) is 2.00. The van der Waals surface area contributed by atoms with Gasteiger partial charge in [-0.15, -0.1) is 0 Å². The van der Waals surface area contributed by atoms with Gasteiger partial charge in [-0.2, -0.15) is 0 Å². The van der Waals surface area contributed by atoms with Crippen molar-refractivity contribution < 1.29 is 0 Å². The van der Waals surface area contributed by atoms with E-state index in [9.17, 15) is 0 Å². The molecule has 0 saturated carbocycles. The fraction of sp³-hybridized carbons (Fsp3) is 1.00. The van der Waals surface area contributed by atoms with Gasteiger partial charge in [0.15, 0.2) is 0 Å². The Hall–Kier alpha value is 0.650. The third-order valence-corrected chi connectivity index (χ3v) is 3.99. The Kier molecular flexibility index (Phi) is 3.26. The molecule has 0 aromatic rings. The van der Waals surface area contributed by atoms with Crippen LogP contribution in [0.15, 0.2) is 0 Å². The first-order chi connectivity index (χ1) is 5.84. The summed E-state index contributed by atoms with van der Waals surface area (Å²) in [6.07, 6.45) is 4.27. The van der Waals surface area contributed by atoms with Crippen molar-refractivity contribution in [1.82, 2.24) is 8.01 Å². The summed E-state index contributed by atoms with van der Waals surface area (Å²) in [6, 6.07) is 0. The van der Waals surface area contributed by atoms with E-state index in [4.69, 9.17) is 0 Å². The van der Waals surface area contributed by atoms with Crippen molar-refractivity contribution in [3.8, 4) is 0 Å². The molecule has 2 saturated heterocycles. The molecule has 0 aliphatic carbocycles. The maximum absolute atomic E-state index is 2.60. The van der Waals surface area contributed by atoms with E-state index in [1.54, 1.807) is 0 Å². The predicted octanol–water partition coefficient (Wildman–Crippen LogP) is 1.75. The molecule has 0 aromatic carbocycles. The number of hydrogen-bond donors (Lipinski definition) is 0. The van der Waals surface area contributed by atoms with Crippen LogP contribution in [0.3, 0.4) is 0 Å². The maximum Gasteiger partial charge on any atom is 0.0201 e. The van der Waals surface area contributed by atoms with E-state index in [1.807, 2.05) is 0 Å². The second-order valence-electron chi connectivity index (χ2n) is 4.01. The zero-order valence-electron chi connectivity index (χ0n) is 7.51. The number of likely N-dealkylation sites (tertiary alicyclic amines) is 1. The van der Waals surface area contributed by atoms with E-state index < -0.39 is 0 Å². The summed E-state index contributed by atoms with van der Waals surface area (Å²) in [7, 11) is 0. The van der Waals surface area contributed by atoms with Crippen LogP contribution in [-0.4, -0.2) is 40.7 Å². The number of halogens is 1. The van der Waals surface area contributed by atoms with Gasteiger partial charge in [0.05, 0.1) is 0 Å². The molecule has 2 fully saturated rings. The zero-order valence-corrected chi connectivity index (χ0v) is 9.66. The SMILES string of the molecule is IN1CCC(CN2CCC2)CC1. The highest BCUT2D eigenvalue weighted by Gasteiger charge is 2.22. The van der Waals surface area contributed by atoms with Crippen molar-refractivity contribution in [1.29, 1.82) is 0 Å². The van der Waals surface area contributed by atoms with Gasteiger partial charge in [0, 0.05) is 42.5 Å². The normalized spacial score (nSPS) is 28.8. The Morgan fingerprint density at radius 2 is 1.75 bits per heavy atom. The van der Waals surface area contributed by atoms with Crippen LogP contribution in [0.25, 0.3) is 0 Å². The summed E-state index contributed by atoms with van der Waals surface area (Å²) in [4.78, 5) is 2.60. The topological polar surface area (TPSA) is 6.48 Å². The van der Waals surface area contributed by atoms with E-state index in [1.165, 1.54) is 52.0 Å². The number of piperidine rings is 1. The van der Waals surface area contributed by atoms with Gasteiger partial charge in [-0.05, 0) is 38.3 Å². The lowest BCUT2D eigenvalue weighted by Crippen LogP contribution is -2.42. The molecule has 0 amide bonds. The molecule has 0 unspecified atom stereocenters. The smallest absolute Gasteiger partial charge is 0.0201 e. The minimum atomic E-state index is 0.997. The number of nitrogens with zero attached hydrogens (tertiary/aromatic N) is 2. The molecular formula is C9H17IN2. The highest BCUT2D eigenvalue weighted by molar-refractivity contribution is 14.1. The van der Waals surface area contributed by atoms with E-state index in [-0.39, 0.29) is 0 Å². The van der Waals surface area contributed by atoms with Gasteiger partial charge in [-0.3, -0.25) is 0 Å². The summed E-state index contributed by atoms with van der Waals surface area (Å²) in [6.45, 7) is 6.72. The van der Waals surface area contributed by atoms with Crippen LogP contribution in [-0.2, 0) is 0 Å². The van der Waals surface area contributed by atoms with Gasteiger partial charge >= 0.3 is 0 Å². The summed E-state index contributed by atoms with van der Waals surface area (Å²) >= 11 is 2.44. The highest BCUT2D eigenvalue weighted by Crippen LogP contribution is 2.22. The van der Waals surface area contributed by atoms with E-state index in [0.717, 1.165) is 5.92 Å². The summed E-state index contributed by atoms with van der Waals surface area (Å²) < 4.78 is 2.42. The van der Waals surface area contributed by atoms with Gasteiger partial charge in [0.25, 0.3) is 0 Å². The van der Waals surface area contributed by atoms with E-state index in [2.05, 4.69) is 30.9 Å². The summed E-state index contributed by atoms with van der Waals surface area (Å²) in [5.41, 5.74) is 0. The molecule has 70 valence electrons. The standard InChI is InChI=1S/C9H17IN2/c10-12-6-2-9(3-7-12)8-11-4-1-5-11/h9H,1-8H2. The lowest BCUT2D eigenvalue weighted by atomic mass is 9.96. The van der Waals surface area contributed by atoms with Gasteiger partial charge in [0.1, 0.15) is 0 Å². The molecule has 2 aliphatic rings. The van der Waals surface area contributed by atoms with Crippen molar-refractivity contribution >= 4 is 22.9 Å². The number of rotatable bonds is 2. The van der Waals surface area contributed by atoms with Crippen molar-refractivity contribution in [3.05, 3.63) is 0 Å². The Balaban J connectivity index is 1.67. The van der Waals surface area contributed by atoms with Crippen molar-refractivity contribution in [2.45, 2.75) is 19.3 Å². The van der Waals surface area contributed by atoms with Crippen LogP contribution >= 0.6 is 22.9 Å². The lowest BCUT2D eigenvalue weighted by Gasteiger charge is -2.36. The first-order valence-electron chi connectivity index (χ1n) is 4.97. The number of hydrogen-bond acceptors (Lipinski definition) is 2. The molecule has 0 bridgehead atoms. The second-order valence-corrected chi connectivity index (χ2v) is 5.37. The Morgan fingerprint density at radius 3 is 2.25 bits per heavy atom. The zero-order chi connectivity index (χ0) is 8.39. The van der Waals surface area contributed by atoms with Crippen LogP contribution in [0.2, 0.25) is 0 Å². The average molecular weight is 280 g/mol. The van der Waals surface area contributed by atoms with Crippen LogP contribution in [0.5, 0.6) is 0 Å².